The van der Waals surface area contributed by atoms with Crippen LogP contribution in [0.25, 0.3) is 0 Å². The maximum Gasteiger partial charge on any atom is 0.0361 e. The second kappa shape index (κ2) is 11.0. The lowest BCUT2D eigenvalue weighted by Gasteiger charge is -2.12. The topological polar surface area (TPSA) is 6.48 Å². The smallest absolute Gasteiger partial charge is 0.0361 e. The van der Waals surface area contributed by atoms with E-state index in [4.69, 9.17) is 0 Å². The maximum absolute atomic E-state index is 2.17. The number of hydrogen-bond donors (Lipinski definition) is 0. The molecule has 0 unspecified atom stereocenters. The lowest BCUT2D eigenvalue weighted by molar-refractivity contribution is 1.13. The van der Waals surface area contributed by atoms with E-state index >= 15 is 0 Å². The first-order valence-corrected chi connectivity index (χ1v) is 14.6. The molecule has 0 fully saturated rings. The van der Waals surface area contributed by atoms with E-state index in [1.54, 1.807) is 60.9 Å². The highest BCUT2D eigenvalue weighted by Crippen LogP contribution is 2.55. The molecule has 0 heterocycles. The molecule has 24 heavy (non-hydrogen) atoms. The van der Waals surface area contributed by atoms with Crippen molar-refractivity contribution in [2.75, 3.05) is 38.0 Å². The lowest BCUT2D eigenvalue weighted by Crippen LogP contribution is -2.07. The predicted molar refractivity (Wildman–Crippen MR) is 124 cm³/mol. The van der Waals surface area contributed by atoms with Crippen LogP contribution >= 0.6 is 60.9 Å². The van der Waals surface area contributed by atoms with Crippen LogP contribution in [-0.2, 0) is 0 Å². The third kappa shape index (κ3) is 7.17. The van der Waals surface area contributed by atoms with Crippen LogP contribution in [0, 0.1) is 0 Å². The average molecular weight is 433 g/mol. The monoisotopic (exact) mass is 432 g/mol. The highest BCUT2D eigenvalue weighted by Gasteiger charge is 2.01. The Morgan fingerprint density at radius 1 is 0.500 bits per heavy atom. The molecule has 2 rings (SSSR count). The van der Waals surface area contributed by atoms with Crippen LogP contribution in [-0.4, -0.2) is 28.2 Å². The Bertz CT molecular complexity index is 545. The first-order valence-electron chi connectivity index (χ1n) is 7.12. The zero-order chi connectivity index (χ0) is 17.4. The van der Waals surface area contributed by atoms with Gasteiger partial charge in [0.25, 0.3) is 0 Å². The minimum Gasteiger partial charge on any atom is -0.378 e. The van der Waals surface area contributed by atoms with Gasteiger partial charge in [-0.2, -0.15) is 0 Å². The predicted octanol–water partition coefficient (Wildman–Crippen LogP) is 7.21. The van der Waals surface area contributed by atoms with Crippen molar-refractivity contribution < 1.29 is 0 Å². The summed E-state index contributed by atoms with van der Waals surface area (Å²) in [6.07, 6.45) is 0. The summed E-state index contributed by atoms with van der Waals surface area (Å²) in [5.74, 6) is 0. The molecular weight excluding hydrogens is 413 g/mol. The van der Waals surface area contributed by atoms with Crippen molar-refractivity contribution >= 4 is 72.3 Å². The maximum atomic E-state index is 2.17. The number of hydrogen-bond acceptors (Lipinski definition) is 8. The molecule has 130 valence electrons. The molecule has 8 heteroatoms. The van der Waals surface area contributed by atoms with Crippen LogP contribution in [0.15, 0.2) is 58.3 Å². The van der Waals surface area contributed by atoms with Crippen molar-refractivity contribution in [1.82, 2.24) is 0 Å². The molecule has 0 aliphatic rings. The third-order valence-corrected chi connectivity index (χ3v) is 13.6. The first-order chi connectivity index (χ1) is 11.6. The van der Waals surface area contributed by atoms with Gasteiger partial charge in [0.15, 0.2) is 0 Å². The fraction of sp³-hybridized carbons (Fsp3) is 0.250. The summed E-state index contributed by atoms with van der Waals surface area (Å²) < 4.78 is 0. The molecule has 0 bridgehead atoms. The Morgan fingerprint density at radius 2 is 0.833 bits per heavy atom. The van der Waals surface area contributed by atoms with Gasteiger partial charge in [-0.3, -0.25) is 0 Å². The van der Waals surface area contributed by atoms with E-state index < -0.39 is 0 Å². The van der Waals surface area contributed by atoms with E-state index in [1.807, 2.05) is 0 Å². The van der Waals surface area contributed by atoms with Gasteiger partial charge >= 0.3 is 0 Å². The summed E-state index contributed by atoms with van der Waals surface area (Å²) in [5.41, 5.74) is 2.47. The normalized spacial score (nSPS) is 10.7. The van der Waals surface area contributed by atoms with Crippen molar-refractivity contribution in [1.29, 1.82) is 0 Å². The molecule has 0 saturated carbocycles. The molecule has 0 aromatic heterocycles. The summed E-state index contributed by atoms with van der Waals surface area (Å²) in [4.78, 5) is 6.81. The van der Waals surface area contributed by atoms with Crippen molar-refractivity contribution in [2.45, 2.75) is 9.79 Å². The van der Waals surface area contributed by atoms with Gasteiger partial charge in [0.1, 0.15) is 0 Å². The molecule has 0 amide bonds. The molecule has 0 N–H and O–H groups in total. The van der Waals surface area contributed by atoms with Crippen LogP contribution in [0.5, 0.6) is 0 Å². The molecule has 0 saturated heterocycles. The minimum atomic E-state index is 1.23. The van der Waals surface area contributed by atoms with Gasteiger partial charge in [0, 0.05) is 49.4 Å². The Labute approximate surface area is 167 Å². The zero-order valence-corrected chi connectivity index (χ0v) is 18.9. The van der Waals surface area contributed by atoms with Crippen LogP contribution in [0.4, 0.5) is 11.4 Å². The van der Waals surface area contributed by atoms with Crippen LogP contribution in [0.3, 0.4) is 0 Å². The van der Waals surface area contributed by atoms with Crippen molar-refractivity contribution in [3.63, 3.8) is 0 Å². The van der Waals surface area contributed by atoms with Crippen molar-refractivity contribution in [3.8, 4) is 0 Å². The second-order valence-corrected chi connectivity index (χ2v) is 14.6. The summed E-state index contributed by atoms with van der Waals surface area (Å²) in [6.45, 7) is 0. The third-order valence-electron chi connectivity index (χ3n) is 3.05. The van der Waals surface area contributed by atoms with Crippen LogP contribution in [0.2, 0.25) is 0 Å². The Hall–Kier alpha value is 0.140. The lowest BCUT2D eigenvalue weighted by atomic mass is 10.3. The van der Waals surface area contributed by atoms with E-state index in [2.05, 4.69) is 86.5 Å². The van der Waals surface area contributed by atoms with E-state index in [-0.39, 0.29) is 0 Å². The Morgan fingerprint density at radius 3 is 1.12 bits per heavy atom. The Balaban J connectivity index is 1.61. The van der Waals surface area contributed by atoms with E-state index in [1.165, 1.54) is 21.2 Å². The zero-order valence-electron chi connectivity index (χ0n) is 14.0. The molecular formula is C16H20N2S6. The van der Waals surface area contributed by atoms with E-state index in [0.29, 0.717) is 0 Å². The average Bonchev–Trinajstić information content (AvgIpc) is 2.58. The highest BCUT2D eigenvalue weighted by atomic mass is 33.9. The first kappa shape index (κ1) is 20.5. The van der Waals surface area contributed by atoms with Crippen LogP contribution < -0.4 is 9.80 Å². The van der Waals surface area contributed by atoms with Gasteiger partial charge in [0.05, 0.1) is 0 Å². The fourth-order valence-electron chi connectivity index (χ4n) is 1.73. The van der Waals surface area contributed by atoms with Gasteiger partial charge in [-0.25, -0.2) is 0 Å². The summed E-state index contributed by atoms with van der Waals surface area (Å²) in [5, 5.41) is 0. The molecule has 0 spiro atoms. The van der Waals surface area contributed by atoms with Crippen LogP contribution in [0.1, 0.15) is 0 Å². The van der Waals surface area contributed by atoms with Gasteiger partial charge in [-0.05, 0) is 109 Å². The standard InChI is InChI=1S/C16H20N2S6/c1-17(2)13-5-9-15(10-6-13)19-21-23-24-22-20-16-11-7-14(8-12-16)18(3)4/h5-12H,1-4H3. The highest BCUT2D eigenvalue weighted by molar-refractivity contribution is 9.41. The molecule has 2 aromatic rings. The van der Waals surface area contributed by atoms with Crippen molar-refractivity contribution in [2.24, 2.45) is 0 Å². The molecule has 2 nitrogen and oxygen atoms in total. The quantitative estimate of drug-likeness (QED) is 0.299. The molecule has 0 radical (unpaired) electrons. The van der Waals surface area contributed by atoms with Gasteiger partial charge < -0.3 is 9.80 Å². The largest absolute Gasteiger partial charge is 0.378 e. The number of rotatable bonds is 9. The molecule has 0 atom stereocenters. The summed E-state index contributed by atoms with van der Waals surface area (Å²) in [7, 11) is 19.1. The SMILES string of the molecule is CN(C)c1ccc(SSSSSSc2ccc(N(C)C)cc2)cc1. The van der Waals surface area contributed by atoms with E-state index in [9.17, 15) is 0 Å². The number of benzene rings is 2. The fourth-order valence-corrected chi connectivity index (χ4v) is 12.6. The van der Waals surface area contributed by atoms with Gasteiger partial charge in [-0.1, -0.05) is 0 Å². The van der Waals surface area contributed by atoms with Crippen molar-refractivity contribution in [3.05, 3.63) is 48.5 Å². The van der Waals surface area contributed by atoms with E-state index in [0.717, 1.165) is 0 Å². The minimum absolute atomic E-state index is 1.23. The molecule has 0 aliphatic carbocycles. The number of nitrogens with zero attached hydrogens (tertiary/aromatic N) is 2. The molecule has 2 aromatic carbocycles. The molecule has 0 aliphatic heterocycles. The number of anilines is 2. The summed E-state index contributed by atoms with van der Waals surface area (Å²) in [6, 6.07) is 17.3. The Kier molecular flexibility index (Phi) is 9.36. The summed E-state index contributed by atoms with van der Waals surface area (Å²) >= 11 is 0. The van der Waals surface area contributed by atoms with Gasteiger partial charge in [0.2, 0.25) is 0 Å². The second-order valence-electron chi connectivity index (χ2n) is 5.22. The van der Waals surface area contributed by atoms with Gasteiger partial charge in [-0.15, -0.1) is 0 Å².